The third kappa shape index (κ3) is 67.4. The molecule has 9 nitrogen and oxygen atoms in total. The van der Waals surface area contributed by atoms with Gasteiger partial charge in [-0.15, -0.1) is 0 Å². The minimum atomic E-state index is -1.51. The summed E-state index contributed by atoms with van der Waals surface area (Å²) < 4.78 is 23.0. The maximum absolute atomic E-state index is 13.0. The molecule has 0 fully saturated rings. The number of nitrogens with zero attached hydrogens (tertiary/aromatic N) is 1. The molecular formula is C74H144NO8+. The standard InChI is InChI=1S/C74H143NO8/c1-6-8-10-12-14-16-18-20-22-24-26-28-30-32-34-36-38-40-42-44-46-48-50-52-54-56-58-60-62-64-71(76)81-68-70(69-82-74(73(78)79)80-67-66-75(3,4)5)83-72(77)65-63-61-59-57-55-53-51-49-47-45-43-41-39-37-35-33-31-29-27-25-23-21-19-17-15-13-11-9-7-2/h25,27,70,74H,6-24,26,28-69H2,1-5H3/p+1/b27-25-. The SMILES string of the molecule is CCCCCCCCCC/C=C\CCCCCCCCCCCCCCCCCCCC(=O)OC(COC(=O)CCCCCCCCCCCCCCCCCCCCCCCCCCCCCCC)COC(OCC[N+](C)(C)C)C(=O)O. The van der Waals surface area contributed by atoms with Crippen molar-refractivity contribution in [1.29, 1.82) is 0 Å². The molecule has 0 saturated carbocycles. The van der Waals surface area contributed by atoms with Crippen LogP contribution in [0.5, 0.6) is 0 Å². The van der Waals surface area contributed by atoms with Gasteiger partial charge in [-0.2, -0.15) is 0 Å². The van der Waals surface area contributed by atoms with Crippen LogP contribution >= 0.6 is 0 Å². The van der Waals surface area contributed by atoms with E-state index in [9.17, 15) is 19.5 Å². The summed E-state index contributed by atoms with van der Waals surface area (Å²) in [5, 5.41) is 9.75. The summed E-state index contributed by atoms with van der Waals surface area (Å²) in [5.74, 6) is -1.97. The molecule has 0 heterocycles. The van der Waals surface area contributed by atoms with Crippen LogP contribution in [0.1, 0.15) is 386 Å². The lowest BCUT2D eigenvalue weighted by Crippen LogP contribution is -2.40. The van der Waals surface area contributed by atoms with E-state index in [0.29, 0.717) is 17.4 Å². The highest BCUT2D eigenvalue weighted by Gasteiger charge is 2.25. The number of carbonyl (C=O) groups is 3. The van der Waals surface area contributed by atoms with E-state index in [1.165, 1.54) is 321 Å². The van der Waals surface area contributed by atoms with Crippen LogP contribution in [0, 0.1) is 0 Å². The van der Waals surface area contributed by atoms with E-state index in [0.717, 1.165) is 38.5 Å². The lowest BCUT2D eigenvalue weighted by Gasteiger charge is -2.25. The smallest absolute Gasteiger partial charge is 0.361 e. The van der Waals surface area contributed by atoms with E-state index in [1.807, 2.05) is 21.1 Å². The van der Waals surface area contributed by atoms with E-state index >= 15 is 0 Å². The Hall–Kier alpha value is -1.97. The highest BCUT2D eigenvalue weighted by atomic mass is 16.7. The number of esters is 2. The minimum absolute atomic E-state index is 0.173. The molecule has 0 amide bonds. The van der Waals surface area contributed by atoms with Crippen molar-refractivity contribution in [2.75, 3.05) is 47.5 Å². The van der Waals surface area contributed by atoms with Gasteiger partial charge in [0.15, 0.2) is 6.10 Å². The van der Waals surface area contributed by atoms with Crippen LogP contribution in [-0.2, 0) is 33.3 Å². The molecule has 0 aliphatic rings. The van der Waals surface area contributed by atoms with Gasteiger partial charge in [-0.25, -0.2) is 4.79 Å². The van der Waals surface area contributed by atoms with E-state index in [-0.39, 0.29) is 38.2 Å². The number of allylic oxidation sites excluding steroid dienone is 2. The summed E-state index contributed by atoms with van der Waals surface area (Å²) in [6, 6.07) is 0. The van der Waals surface area contributed by atoms with Gasteiger partial charge in [-0.1, -0.05) is 347 Å². The zero-order valence-electron chi connectivity index (χ0n) is 56.4. The van der Waals surface area contributed by atoms with E-state index in [2.05, 4.69) is 26.0 Å². The van der Waals surface area contributed by atoms with Crippen molar-refractivity contribution in [3.63, 3.8) is 0 Å². The first kappa shape index (κ1) is 81.0. The Balaban J connectivity index is 4.02. The number of ether oxygens (including phenoxy) is 4. The lowest BCUT2D eigenvalue weighted by molar-refractivity contribution is -0.870. The number of quaternary nitrogens is 1. The summed E-state index contributed by atoms with van der Waals surface area (Å²) >= 11 is 0. The molecule has 0 bridgehead atoms. The van der Waals surface area contributed by atoms with Gasteiger partial charge in [0.05, 0.1) is 34.4 Å². The molecule has 1 N–H and O–H groups in total. The van der Waals surface area contributed by atoms with Crippen LogP contribution in [0.25, 0.3) is 0 Å². The van der Waals surface area contributed by atoms with Crippen LogP contribution in [0.2, 0.25) is 0 Å². The second kappa shape index (κ2) is 66.0. The zero-order chi connectivity index (χ0) is 60.5. The summed E-state index contributed by atoms with van der Waals surface area (Å²) in [5.41, 5.74) is 0. The third-order valence-corrected chi connectivity index (χ3v) is 17.0. The predicted octanol–water partition coefficient (Wildman–Crippen LogP) is 22.8. The first-order valence-corrected chi connectivity index (χ1v) is 36.9. The minimum Gasteiger partial charge on any atom is -0.477 e. The zero-order valence-corrected chi connectivity index (χ0v) is 56.4. The number of likely N-dealkylation sites (N-methyl/N-ethyl adjacent to an activating group) is 1. The number of hydrogen-bond donors (Lipinski definition) is 1. The molecular weight excluding hydrogens is 1030 g/mol. The number of unbranched alkanes of at least 4 members (excludes halogenated alkanes) is 53. The lowest BCUT2D eigenvalue weighted by atomic mass is 10.0. The van der Waals surface area contributed by atoms with Crippen LogP contribution in [0.4, 0.5) is 0 Å². The predicted molar refractivity (Wildman–Crippen MR) is 355 cm³/mol. The molecule has 0 aliphatic heterocycles. The molecule has 2 unspecified atom stereocenters. The molecule has 2 atom stereocenters. The fraction of sp³-hybridized carbons (Fsp3) is 0.932. The quantitative estimate of drug-likeness (QED) is 0.0211. The van der Waals surface area contributed by atoms with Crippen LogP contribution < -0.4 is 0 Å². The first-order valence-electron chi connectivity index (χ1n) is 36.9. The van der Waals surface area contributed by atoms with Crippen molar-refractivity contribution in [3.05, 3.63) is 12.2 Å². The van der Waals surface area contributed by atoms with E-state index in [1.54, 1.807) is 0 Å². The number of carboxylic acids is 1. The van der Waals surface area contributed by atoms with Crippen LogP contribution in [0.3, 0.4) is 0 Å². The average Bonchev–Trinajstić information content (AvgIpc) is 3.46. The normalized spacial score (nSPS) is 12.6. The molecule has 0 aromatic carbocycles. The summed E-state index contributed by atoms with van der Waals surface area (Å²) in [7, 11) is 6.00. The topological polar surface area (TPSA) is 108 Å². The monoisotopic (exact) mass is 1180 g/mol. The summed E-state index contributed by atoms with van der Waals surface area (Å²) in [6.07, 6.45) is 77.7. The number of carbonyl (C=O) groups excluding carboxylic acids is 2. The number of rotatable bonds is 70. The molecule has 0 saturated heterocycles. The average molecular weight is 1180 g/mol. The fourth-order valence-electron chi connectivity index (χ4n) is 11.4. The second-order valence-electron chi connectivity index (χ2n) is 26.6. The molecule has 9 heteroatoms. The Morgan fingerprint density at radius 3 is 0.892 bits per heavy atom. The van der Waals surface area contributed by atoms with Gasteiger partial charge < -0.3 is 28.5 Å². The van der Waals surface area contributed by atoms with E-state index in [4.69, 9.17) is 18.9 Å². The molecule has 492 valence electrons. The van der Waals surface area contributed by atoms with Gasteiger partial charge in [0.1, 0.15) is 13.2 Å². The molecule has 0 aliphatic carbocycles. The summed E-state index contributed by atoms with van der Waals surface area (Å²) in [6.45, 7) is 4.97. The largest absolute Gasteiger partial charge is 0.477 e. The van der Waals surface area contributed by atoms with Gasteiger partial charge in [0, 0.05) is 12.8 Å². The second-order valence-corrected chi connectivity index (χ2v) is 26.6. The van der Waals surface area contributed by atoms with Crippen LogP contribution in [0.15, 0.2) is 12.2 Å². The molecule has 0 aromatic heterocycles. The molecule has 0 rings (SSSR count). The fourth-order valence-corrected chi connectivity index (χ4v) is 11.4. The molecule has 83 heavy (non-hydrogen) atoms. The van der Waals surface area contributed by atoms with Crippen molar-refractivity contribution in [3.8, 4) is 0 Å². The maximum Gasteiger partial charge on any atom is 0.361 e. The Morgan fingerprint density at radius 1 is 0.349 bits per heavy atom. The summed E-state index contributed by atoms with van der Waals surface area (Å²) in [4.78, 5) is 37.6. The van der Waals surface area contributed by atoms with Crippen LogP contribution in [-0.4, -0.2) is 87.4 Å². The highest BCUT2D eigenvalue weighted by molar-refractivity contribution is 5.71. The number of hydrogen-bond acceptors (Lipinski definition) is 7. The van der Waals surface area contributed by atoms with Crippen molar-refractivity contribution >= 4 is 17.9 Å². The van der Waals surface area contributed by atoms with Gasteiger partial charge in [-0.3, -0.25) is 9.59 Å². The number of carboxylic acid groups (broad SMARTS) is 1. The van der Waals surface area contributed by atoms with Crippen molar-refractivity contribution < 1.29 is 42.9 Å². The first-order chi connectivity index (χ1) is 40.6. The Morgan fingerprint density at radius 2 is 0.614 bits per heavy atom. The van der Waals surface area contributed by atoms with Gasteiger partial charge in [0.25, 0.3) is 6.29 Å². The Labute approximate surface area is 516 Å². The van der Waals surface area contributed by atoms with E-state index < -0.39 is 18.4 Å². The Bertz CT molecular complexity index is 1370. The maximum atomic E-state index is 13.0. The van der Waals surface area contributed by atoms with Crippen molar-refractivity contribution in [2.45, 2.75) is 399 Å². The van der Waals surface area contributed by atoms with Gasteiger partial charge >= 0.3 is 17.9 Å². The highest BCUT2D eigenvalue weighted by Crippen LogP contribution is 2.20. The Kier molecular flexibility index (Phi) is 64.4. The third-order valence-electron chi connectivity index (χ3n) is 17.0. The van der Waals surface area contributed by atoms with Crippen molar-refractivity contribution in [1.82, 2.24) is 0 Å². The molecule has 0 aromatic rings. The molecule has 0 spiro atoms. The van der Waals surface area contributed by atoms with Gasteiger partial charge in [0.2, 0.25) is 0 Å². The van der Waals surface area contributed by atoms with Crippen molar-refractivity contribution in [2.24, 2.45) is 0 Å². The molecule has 0 radical (unpaired) electrons. The number of aliphatic carboxylic acids is 1. The van der Waals surface area contributed by atoms with Gasteiger partial charge in [-0.05, 0) is 38.5 Å².